The van der Waals surface area contributed by atoms with Gasteiger partial charge < -0.3 is 24.8 Å². The molecule has 1 aliphatic carbocycles. The maximum atomic E-state index is 13.0. The van der Waals surface area contributed by atoms with Crippen molar-refractivity contribution in [2.45, 2.75) is 64.0 Å². The number of carbonyl (C=O) groups excluding carboxylic acids is 1. The number of carbonyl (C=O) groups is 1. The van der Waals surface area contributed by atoms with Crippen molar-refractivity contribution >= 4 is 16.8 Å². The molecule has 1 aromatic carbocycles. The molecule has 3 rings (SSSR count). The lowest BCUT2D eigenvalue weighted by Crippen LogP contribution is -2.31. The van der Waals surface area contributed by atoms with Crippen LogP contribution in [0, 0.1) is 5.92 Å². The fraction of sp³-hybridized carbons (Fsp3) is 0.609. The van der Waals surface area contributed by atoms with Crippen LogP contribution < -0.4 is 5.32 Å². The number of phenols is 1. The first kappa shape index (κ1) is 21.7. The molecule has 160 valence electrons. The summed E-state index contributed by atoms with van der Waals surface area (Å²) in [6, 6.07) is 5.27. The van der Waals surface area contributed by atoms with Crippen LogP contribution in [0.4, 0.5) is 0 Å². The van der Waals surface area contributed by atoms with Gasteiger partial charge in [0.25, 0.3) is 5.91 Å². The van der Waals surface area contributed by atoms with Gasteiger partial charge in [-0.05, 0) is 44.2 Å². The predicted molar refractivity (Wildman–Crippen MR) is 114 cm³/mol. The fourth-order valence-corrected chi connectivity index (χ4v) is 4.34. The lowest BCUT2D eigenvalue weighted by Gasteiger charge is -2.22. The highest BCUT2D eigenvalue weighted by Crippen LogP contribution is 2.31. The molecule has 29 heavy (non-hydrogen) atoms. The van der Waals surface area contributed by atoms with Crippen LogP contribution in [0.1, 0.15) is 62.2 Å². The number of aryl methyl sites for hydroxylation is 1. The summed E-state index contributed by atoms with van der Waals surface area (Å²) in [5.74, 6) is 0.486. The highest BCUT2D eigenvalue weighted by molar-refractivity contribution is 6.09. The number of methoxy groups -OCH3 is 1. The van der Waals surface area contributed by atoms with E-state index in [9.17, 15) is 15.0 Å². The Labute approximate surface area is 172 Å². The minimum absolute atomic E-state index is 0.101. The minimum atomic E-state index is -0.954. The number of hydrogen-bond acceptors (Lipinski definition) is 4. The lowest BCUT2D eigenvalue weighted by molar-refractivity contribution is -0.0250. The molecule has 0 aliphatic heterocycles. The molecule has 1 unspecified atom stereocenters. The number of benzene rings is 1. The molecule has 1 saturated carbocycles. The number of rotatable bonds is 8. The summed E-state index contributed by atoms with van der Waals surface area (Å²) in [5.41, 5.74) is 0.320. The third kappa shape index (κ3) is 5.52. The van der Waals surface area contributed by atoms with E-state index in [0.29, 0.717) is 36.4 Å². The number of amides is 1. The predicted octanol–water partition coefficient (Wildman–Crippen LogP) is 3.83. The maximum absolute atomic E-state index is 13.0. The van der Waals surface area contributed by atoms with E-state index in [-0.39, 0.29) is 18.3 Å². The molecule has 6 heteroatoms. The second kappa shape index (κ2) is 9.63. The smallest absolute Gasteiger partial charge is 0.253 e. The number of aliphatic hydroxyl groups is 1. The van der Waals surface area contributed by atoms with E-state index >= 15 is 0 Å². The molecule has 0 bridgehead atoms. The van der Waals surface area contributed by atoms with Gasteiger partial charge in [-0.15, -0.1) is 0 Å². The fourth-order valence-electron chi connectivity index (χ4n) is 4.34. The van der Waals surface area contributed by atoms with E-state index in [4.69, 9.17) is 4.74 Å². The summed E-state index contributed by atoms with van der Waals surface area (Å²) in [7, 11) is 1.56. The summed E-state index contributed by atoms with van der Waals surface area (Å²) in [5, 5.41) is 24.5. The van der Waals surface area contributed by atoms with Crippen LogP contribution in [-0.4, -0.2) is 46.5 Å². The monoisotopic (exact) mass is 402 g/mol. The largest absolute Gasteiger partial charge is 0.507 e. The topological polar surface area (TPSA) is 83.7 Å². The van der Waals surface area contributed by atoms with E-state index in [0.717, 1.165) is 5.52 Å². The van der Waals surface area contributed by atoms with Gasteiger partial charge in [0.05, 0.1) is 28.7 Å². The van der Waals surface area contributed by atoms with Crippen LogP contribution in [0.5, 0.6) is 5.75 Å². The van der Waals surface area contributed by atoms with Crippen LogP contribution in [0.25, 0.3) is 10.9 Å². The molecular formula is C23H34N2O4. The van der Waals surface area contributed by atoms with Crippen LogP contribution in [-0.2, 0) is 11.3 Å². The number of nitrogens with zero attached hydrogens (tertiary/aromatic N) is 1. The van der Waals surface area contributed by atoms with Crippen LogP contribution in [0.2, 0.25) is 0 Å². The lowest BCUT2D eigenvalue weighted by atomic mass is 10.0. The van der Waals surface area contributed by atoms with Crippen LogP contribution in [0.15, 0.2) is 24.4 Å². The Morgan fingerprint density at radius 1 is 1.28 bits per heavy atom. The average Bonchev–Trinajstić information content (AvgIpc) is 2.86. The molecule has 1 atom stereocenters. The van der Waals surface area contributed by atoms with Crippen molar-refractivity contribution in [3.8, 4) is 5.75 Å². The molecule has 1 heterocycles. The number of aromatic hydroxyl groups is 1. The Hall–Kier alpha value is -2.05. The van der Waals surface area contributed by atoms with Crippen molar-refractivity contribution in [2.75, 3.05) is 20.3 Å². The SMILES string of the molecule is COCC(C)(O)CCn1cc(C(=O)NCC2CCCCCC2)c2c(O)cccc21. The van der Waals surface area contributed by atoms with E-state index in [1.165, 1.54) is 38.5 Å². The summed E-state index contributed by atoms with van der Waals surface area (Å²) in [6.45, 7) is 3.18. The Bertz CT molecular complexity index is 820. The Morgan fingerprint density at radius 3 is 2.69 bits per heavy atom. The molecule has 2 aromatic rings. The number of phenolic OH excluding ortho intramolecular Hbond substituents is 1. The summed E-state index contributed by atoms with van der Waals surface area (Å²) >= 11 is 0. The highest BCUT2D eigenvalue weighted by atomic mass is 16.5. The summed E-state index contributed by atoms with van der Waals surface area (Å²) in [4.78, 5) is 13.0. The molecular weight excluding hydrogens is 368 g/mol. The van der Waals surface area contributed by atoms with Gasteiger partial charge in [0.15, 0.2) is 0 Å². The first-order valence-electron chi connectivity index (χ1n) is 10.7. The standard InChI is InChI=1S/C23H34N2O4/c1-23(28,16-29-2)12-13-25-15-18(21-19(25)10-7-11-20(21)26)22(27)24-14-17-8-5-3-4-6-9-17/h7,10-11,15,17,26,28H,3-6,8-9,12-14,16H2,1-2H3,(H,24,27). The second-order valence-electron chi connectivity index (χ2n) is 8.66. The van der Waals surface area contributed by atoms with Crippen molar-refractivity contribution in [3.63, 3.8) is 0 Å². The van der Waals surface area contributed by atoms with Crippen molar-refractivity contribution in [1.82, 2.24) is 9.88 Å². The van der Waals surface area contributed by atoms with Gasteiger partial charge in [-0.2, -0.15) is 0 Å². The number of fused-ring (bicyclic) bond motifs is 1. The number of nitrogens with one attached hydrogen (secondary N) is 1. The maximum Gasteiger partial charge on any atom is 0.253 e. The normalized spacial score (nSPS) is 17.8. The number of aromatic nitrogens is 1. The van der Waals surface area contributed by atoms with Crippen molar-refractivity contribution in [1.29, 1.82) is 0 Å². The molecule has 1 amide bonds. The first-order chi connectivity index (χ1) is 13.9. The Morgan fingerprint density at radius 2 is 2.00 bits per heavy atom. The zero-order valence-electron chi connectivity index (χ0n) is 17.6. The van der Waals surface area contributed by atoms with Gasteiger partial charge in [-0.3, -0.25) is 4.79 Å². The van der Waals surface area contributed by atoms with Gasteiger partial charge in [0, 0.05) is 26.4 Å². The highest BCUT2D eigenvalue weighted by Gasteiger charge is 2.23. The molecule has 1 aliphatic rings. The van der Waals surface area contributed by atoms with Crippen LogP contribution in [0.3, 0.4) is 0 Å². The third-order valence-corrected chi connectivity index (χ3v) is 6.00. The number of hydrogen-bond donors (Lipinski definition) is 3. The number of ether oxygens (including phenoxy) is 1. The van der Waals surface area contributed by atoms with Crippen molar-refractivity contribution < 1.29 is 19.7 Å². The van der Waals surface area contributed by atoms with Gasteiger partial charge >= 0.3 is 0 Å². The Kier molecular flexibility index (Phi) is 7.19. The van der Waals surface area contributed by atoms with Crippen molar-refractivity contribution in [2.24, 2.45) is 5.92 Å². The van der Waals surface area contributed by atoms with Crippen LogP contribution >= 0.6 is 0 Å². The van der Waals surface area contributed by atoms with E-state index in [1.54, 1.807) is 32.4 Å². The van der Waals surface area contributed by atoms with E-state index in [2.05, 4.69) is 5.32 Å². The van der Waals surface area contributed by atoms with Gasteiger partial charge in [0.2, 0.25) is 0 Å². The Balaban J connectivity index is 1.77. The molecule has 0 radical (unpaired) electrons. The van der Waals surface area contributed by atoms with Crippen molar-refractivity contribution in [3.05, 3.63) is 30.0 Å². The zero-order valence-corrected chi connectivity index (χ0v) is 17.6. The summed E-state index contributed by atoms with van der Waals surface area (Å²) in [6.07, 6.45) is 9.66. The van der Waals surface area contributed by atoms with E-state index < -0.39 is 5.60 Å². The molecule has 1 fully saturated rings. The second-order valence-corrected chi connectivity index (χ2v) is 8.66. The quantitative estimate of drug-likeness (QED) is 0.586. The molecule has 0 spiro atoms. The summed E-state index contributed by atoms with van der Waals surface area (Å²) < 4.78 is 7.01. The molecule has 6 nitrogen and oxygen atoms in total. The average molecular weight is 403 g/mol. The van der Waals surface area contributed by atoms with Gasteiger partial charge in [-0.1, -0.05) is 31.7 Å². The van der Waals surface area contributed by atoms with E-state index in [1.807, 2.05) is 10.6 Å². The van der Waals surface area contributed by atoms with Gasteiger partial charge in [0.1, 0.15) is 5.75 Å². The molecule has 3 N–H and O–H groups in total. The van der Waals surface area contributed by atoms with Gasteiger partial charge in [-0.25, -0.2) is 0 Å². The molecule has 1 aromatic heterocycles. The third-order valence-electron chi connectivity index (χ3n) is 6.00. The minimum Gasteiger partial charge on any atom is -0.507 e. The zero-order chi connectivity index (χ0) is 20.9. The first-order valence-corrected chi connectivity index (χ1v) is 10.7. The molecule has 0 saturated heterocycles.